The maximum absolute atomic E-state index is 12.6. The minimum atomic E-state index is -0.313. The highest BCUT2D eigenvalue weighted by molar-refractivity contribution is 5.86. The fraction of sp³-hybridized carbons (Fsp3) is 0.600. The van der Waals surface area contributed by atoms with Crippen LogP contribution in [0.1, 0.15) is 31.7 Å². The van der Waals surface area contributed by atoms with E-state index in [0.717, 1.165) is 38.8 Å². The van der Waals surface area contributed by atoms with Crippen LogP contribution in [0.3, 0.4) is 0 Å². The zero-order chi connectivity index (χ0) is 13.7. The molecule has 21 heavy (non-hydrogen) atoms. The fourth-order valence-electron chi connectivity index (χ4n) is 2.75. The Kier molecular flexibility index (Phi) is 8.86. The zero-order valence-electron chi connectivity index (χ0n) is 12.7. The molecule has 0 saturated carbocycles. The molecule has 1 aliphatic rings. The number of rotatable bonds is 5. The minimum Gasteiger partial charge on any atom is -0.344 e. The van der Waals surface area contributed by atoms with Crippen molar-refractivity contribution in [1.82, 2.24) is 15.2 Å². The highest BCUT2D eigenvalue weighted by atomic mass is 35.5. The lowest BCUT2D eigenvalue weighted by Crippen LogP contribution is -2.53. The van der Waals surface area contributed by atoms with Gasteiger partial charge in [-0.1, -0.05) is 6.92 Å². The van der Waals surface area contributed by atoms with Crippen LogP contribution in [0, 0.1) is 0 Å². The lowest BCUT2D eigenvalue weighted by Gasteiger charge is -2.31. The molecule has 0 aromatic carbocycles. The van der Waals surface area contributed by atoms with Gasteiger partial charge in [0.15, 0.2) is 0 Å². The third-order valence-corrected chi connectivity index (χ3v) is 4.09. The lowest BCUT2D eigenvalue weighted by atomic mass is 9.92. The van der Waals surface area contributed by atoms with Gasteiger partial charge in [-0.2, -0.15) is 0 Å². The molecule has 2 heterocycles. The van der Waals surface area contributed by atoms with Gasteiger partial charge in [-0.05, 0) is 49.9 Å². The van der Waals surface area contributed by atoms with Crippen molar-refractivity contribution in [2.45, 2.75) is 38.1 Å². The van der Waals surface area contributed by atoms with Crippen LogP contribution in [0.4, 0.5) is 0 Å². The van der Waals surface area contributed by atoms with E-state index in [4.69, 9.17) is 0 Å². The van der Waals surface area contributed by atoms with Gasteiger partial charge < -0.3 is 10.2 Å². The average molecular weight is 334 g/mol. The number of aromatic nitrogens is 1. The third kappa shape index (κ3) is 4.83. The second-order valence-corrected chi connectivity index (χ2v) is 5.30. The first-order chi connectivity index (χ1) is 9.18. The molecular weight excluding hydrogens is 309 g/mol. The van der Waals surface area contributed by atoms with E-state index in [0.29, 0.717) is 0 Å². The summed E-state index contributed by atoms with van der Waals surface area (Å²) < 4.78 is 0. The van der Waals surface area contributed by atoms with Gasteiger partial charge in [-0.3, -0.25) is 9.78 Å². The molecule has 1 N–H and O–H groups in total. The molecule has 1 saturated heterocycles. The van der Waals surface area contributed by atoms with E-state index in [1.54, 1.807) is 12.4 Å². The monoisotopic (exact) mass is 333 g/mol. The highest BCUT2D eigenvalue weighted by Crippen LogP contribution is 2.25. The maximum atomic E-state index is 12.6. The summed E-state index contributed by atoms with van der Waals surface area (Å²) in [6, 6.07) is 4.00. The van der Waals surface area contributed by atoms with Gasteiger partial charge in [-0.15, -0.1) is 24.8 Å². The summed E-state index contributed by atoms with van der Waals surface area (Å²) >= 11 is 0. The molecule has 6 heteroatoms. The molecule has 1 amide bonds. The molecule has 0 aliphatic carbocycles. The van der Waals surface area contributed by atoms with Crippen LogP contribution in [0.2, 0.25) is 0 Å². The normalized spacial score (nSPS) is 20.3. The van der Waals surface area contributed by atoms with Crippen molar-refractivity contribution in [3.63, 3.8) is 0 Å². The minimum absolute atomic E-state index is 0. The fourth-order valence-corrected chi connectivity index (χ4v) is 2.75. The van der Waals surface area contributed by atoms with Crippen LogP contribution < -0.4 is 5.32 Å². The van der Waals surface area contributed by atoms with Gasteiger partial charge in [0, 0.05) is 26.0 Å². The lowest BCUT2D eigenvalue weighted by molar-refractivity contribution is -0.136. The SMILES string of the molecule is CCC1(C(=O)N(C)CCc2ccncc2)CCCN1.Cl.Cl. The summed E-state index contributed by atoms with van der Waals surface area (Å²) in [6.07, 6.45) is 7.39. The standard InChI is InChI=1S/C15H23N3O.2ClH/c1-3-15(8-4-9-17-15)14(19)18(2)12-7-13-5-10-16-11-6-13;;/h5-6,10-11,17H,3-4,7-9,12H2,1-2H3;2*1H. The van der Waals surface area contributed by atoms with Crippen molar-refractivity contribution in [3.8, 4) is 0 Å². The van der Waals surface area contributed by atoms with E-state index in [1.165, 1.54) is 5.56 Å². The van der Waals surface area contributed by atoms with Crippen molar-refractivity contribution in [2.75, 3.05) is 20.1 Å². The van der Waals surface area contributed by atoms with Crippen molar-refractivity contribution in [3.05, 3.63) is 30.1 Å². The van der Waals surface area contributed by atoms with Gasteiger partial charge in [0.1, 0.15) is 0 Å². The summed E-state index contributed by atoms with van der Waals surface area (Å²) in [4.78, 5) is 18.4. The molecule has 1 unspecified atom stereocenters. The molecule has 2 rings (SSSR count). The van der Waals surface area contributed by atoms with Crippen LogP contribution in [-0.2, 0) is 11.2 Å². The van der Waals surface area contributed by atoms with Gasteiger partial charge >= 0.3 is 0 Å². The number of nitrogens with one attached hydrogen (secondary N) is 1. The first-order valence-electron chi connectivity index (χ1n) is 7.07. The smallest absolute Gasteiger partial charge is 0.242 e. The Bertz CT molecular complexity index is 422. The molecule has 120 valence electrons. The number of nitrogens with zero attached hydrogens (tertiary/aromatic N) is 2. The molecule has 0 radical (unpaired) electrons. The molecule has 4 nitrogen and oxygen atoms in total. The molecule has 0 bridgehead atoms. The van der Waals surface area contributed by atoms with Crippen LogP contribution in [0.5, 0.6) is 0 Å². The van der Waals surface area contributed by atoms with Gasteiger partial charge in [0.25, 0.3) is 0 Å². The third-order valence-electron chi connectivity index (χ3n) is 4.09. The van der Waals surface area contributed by atoms with Crippen molar-refractivity contribution >= 4 is 30.7 Å². The second kappa shape index (κ2) is 9.23. The first-order valence-corrected chi connectivity index (χ1v) is 7.07. The number of likely N-dealkylation sites (N-methyl/N-ethyl adjacent to an activating group) is 1. The molecule has 1 fully saturated rings. The number of hydrogen-bond acceptors (Lipinski definition) is 3. The van der Waals surface area contributed by atoms with Gasteiger partial charge in [0.05, 0.1) is 5.54 Å². The van der Waals surface area contributed by atoms with Crippen LogP contribution in [0.25, 0.3) is 0 Å². The molecule has 1 aliphatic heterocycles. The maximum Gasteiger partial charge on any atom is 0.242 e. The topological polar surface area (TPSA) is 45.2 Å². The quantitative estimate of drug-likeness (QED) is 0.900. The van der Waals surface area contributed by atoms with E-state index in [9.17, 15) is 4.79 Å². The van der Waals surface area contributed by atoms with Crippen LogP contribution in [0.15, 0.2) is 24.5 Å². The molecule has 0 spiro atoms. The van der Waals surface area contributed by atoms with E-state index >= 15 is 0 Å². The van der Waals surface area contributed by atoms with Crippen molar-refractivity contribution in [1.29, 1.82) is 0 Å². The van der Waals surface area contributed by atoms with E-state index in [2.05, 4.69) is 17.2 Å². The Morgan fingerprint density at radius 1 is 1.38 bits per heavy atom. The largest absolute Gasteiger partial charge is 0.344 e. The Balaban J connectivity index is 0.00000200. The number of hydrogen-bond donors (Lipinski definition) is 1. The Morgan fingerprint density at radius 3 is 2.57 bits per heavy atom. The number of amides is 1. The number of carbonyl (C=O) groups is 1. The first kappa shape index (κ1) is 20.2. The van der Waals surface area contributed by atoms with Crippen LogP contribution in [-0.4, -0.2) is 41.5 Å². The molecule has 1 aromatic rings. The summed E-state index contributed by atoms with van der Waals surface area (Å²) in [5.74, 6) is 0.238. The zero-order valence-corrected chi connectivity index (χ0v) is 14.3. The van der Waals surface area contributed by atoms with Crippen molar-refractivity contribution < 1.29 is 4.79 Å². The number of pyridine rings is 1. The second-order valence-electron chi connectivity index (χ2n) is 5.30. The Hall–Kier alpha value is -0.840. The summed E-state index contributed by atoms with van der Waals surface area (Å²) in [6.45, 7) is 3.80. The molecule has 1 aromatic heterocycles. The van der Waals surface area contributed by atoms with E-state index < -0.39 is 0 Å². The Morgan fingerprint density at radius 2 is 2.05 bits per heavy atom. The highest BCUT2D eigenvalue weighted by Gasteiger charge is 2.40. The van der Waals surface area contributed by atoms with E-state index in [-0.39, 0.29) is 36.3 Å². The van der Waals surface area contributed by atoms with Gasteiger partial charge in [-0.25, -0.2) is 0 Å². The predicted octanol–water partition coefficient (Wildman–Crippen LogP) is 2.46. The summed E-state index contributed by atoms with van der Waals surface area (Å²) in [5.41, 5.74) is 0.909. The van der Waals surface area contributed by atoms with Gasteiger partial charge in [0.2, 0.25) is 5.91 Å². The van der Waals surface area contributed by atoms with E-state index in [1.807, 2.05) is 24.1 Å². The number of carbonyl (C=O) groups excluding carboxylic acids is 1. The Labute approximate surface area is 139 Å². The van der Waals surface area contributed by atoms with Crippen molar-refractivity contribution in [2.24, 2.45) is 0 Å². The van der Waals surface area contributed by atoms with Crippen LogP contribution >= 0.6 is 24.8 Å². The number of halogens is 2. The molecular formula is C15H25Cl2N3O. The molecule has 1 atom stereocenters. The predicted molar refractivity (Wildman–Crippen MR) is 90.3 cm³/mol. The summed E-state index contributed by atoms with van der Waals surface area (Å²) in [5, 5.41) is 3.40. The summed E-state index contributed by atoms with van der Waals surface area (Å²) in [7, 11) is 1.90. The average Bonchev–Trinajstić information content (AvgIpc) is 2.95.